The highest BCUT2D eigenvalue weighted by Crippen LogP contribution is 2.06. The molecule has 0 unspecified atom stereocenters. The minimum absolute atomic E-state index is 0.0439. The van der Waals surface area contributed by atoms with Crippen molar-refractivity contribution >= 4 is 12.1 Å². The Balaban J connectivity index is 1.34. The topological polar surface area (TPSA) is 53.4 Å². The van der Waals surface area contributed by atoms with E-state index in [1.54, 1.807) is 6.20 Å². The molecule has 0 bridgehead atoms. The lowest BCUT2D eigenvalue weighted by Gasteiger charge is -2.34. The Morgan fingerprint density at radius 3 is 2.67 bits per heavy atom. The summed E-state index contributed by atoms with van der Waals surface area (Å²) in [6, 6.07) is 12.4. The fourth-order valence-electron chi connectivity index (χ4n) is 3.17. The van der Waals surface area contributed by atoms with Gasteiger partial charge in [0.15, 0.2) is 0 Å². The van der Waals surface area contributed by atoms with Gasteiger partial charge in [0, 0.05) is 57.7 Å². The lowest BCUT2D eigenvalue weighted by atomic mass is 10.2. The van der Waals surface area contributed by atoms with E-state index in [1.165, 1.54) is 5.56 Å². The molecule has 2 amide bonds. The number of carbonyl (C=O) groups is 1. The molecule has 1 fully saturated rings. The van der Waals surface area contributed by atoms with Crippen LogP contribution in [0.25, 0.3) is 6.08 Å². The molecule has 1 aromatic heterocycles. The molecular weight excluding hydrogens is 338 g/mol. The summed E-state index contributed by atoms with van der Waals surface area (Å²) < 4.78 is 1.89. The SMILES string of the molecule is C[C@@H](CCn1cccn1)NC(=O)N1CCN(C/C=C/c2ccccc2)CC1. The molecule has 1 aliphatic rings. The van der Waals surface area contributed by atoms with E-state index in [4.69, 9.17) is 0 Å². The molecule has 1 N–H and O–H groups in total. The Morgan fingerprint density at radius 2 is 1.96 bits per heavy atom. The summed E-state index contributed by atoms with van der Waals surface area (Å²) in [5.41, 5.74) is 1.22. The number of piperazine rings is 1. The van der Waals surface area contributed by atoms with E-state index < -0.39 is 0 Å². The van der Waals surface area contributed by atoms with Crippen molar-refractivity contribution in [2.24, 2.45) is 0 Å². The van der Waals surface area contributed by atoms with Gasteiger partial charge in [0.25, 0.3) is 0 Å². The summed E-state index contributed by atoms with van der Waals surface area (Å²) in [5.74, 6) is 0. The van der Waals surface area contributed by atoms with Crippen molar-refractivity contribution in [2.75, 3.05) is 32.7 Å². The first-order chi connectivity index (χ1) is 13.2. The molecule has 6 nitrogen and oxygen atoms in total. The molecule has 3 rings (SSSR count). The third-order valence-corrected chi connectivity index (χ3v) is 4.85. The minimum Gasteiger partial charge on any atom is -0.335 e. The van der Waals surface area contributed by atoms with Gasteiger partial charge >= 0.3 is 6.03 Å². The van der Waals surface area contributed by atoms with Crippen molar-refractivity contribution in [1.82, 2.24) is 24.9 Å². The Bertz CT molecular complexity index is 705. The summed E-state index contributed by atoms with van der Waals surface area (Å²) in [6.45, 7) is 7.16. The standard InChI is InChI=1S/C21H29N5O/c1-19(10-14-26-13-6-11-22-26)23-21(27)25-17-15-24(16-18-25)12-5-9-20-7-3-2-4-8-20/h2-9,11,13,19H,10,12,14-18H2,1H3,(H,23,27)/b9-5+/t19-/m0/s1. The molecule has 0 spiro atoms. The molecule has 0 saturated carbocycles. The zero-order chi connectivity index (χ0) is 18.9. The maximum absolute atomic E-state index is 12.4. The zero-order valence-corrected chi connectivity index (χ0v) is 16.0. The summed E-state index contributed by atoms with van der Waals surface area (Å²) in [4.78, 5) is 16.7. The van der Waals surface area contributed by atoms with E-state index >= 15 is 0 Å². The average Bonchev–Trinajstić information content (AvgIpc) is 3.21. The third-order valence-electron chi connectivity index (χ3n) is 4.85. The number of nitrogens with one attached hydrogen (secondary N) is 1. The third kappa shape index (κ3) is 6.25. The molecule has 1 aliphatic heterocycles. The van der Waals surface area contributed by atoms with Crippen molar-refractivity contribution in [3.63, 3.8) is 0 Å². The molecule has 1 atom stereocenters. The van der Waals surface area contributed by atoms with Gasteiger partial charge in [-0.1, -0.05) is 42.5 Å². The highest BCUT2D eigenvalue weighted by atomic mass is 16.2. The van der Waals surface area contributed by atoms with Crippen LogP contribution in [0.1, 0.15) is 18.9 Å². The van der Waals surface area contributed by atoms with Gasteiger partial charge in [-0.3, -0.25) is 9.58 Å². The van der Waals surface area contributed by atoms with Crippen LogP contribution in [0.5, 0.6) is 0 Å². The van der Waals surface area contributed by atoms with E-state index in [0.717, 1.165) is 45.7 Å². The fraction of sp³-hybridized carbons (Fsp3) is 0.429. The number of amides is 2. The van der Waals surface area contributed by atoms with Crippen LogP contribution in [0.2, 0.25) is 0 Å². The molecule has 27 heavy (non-hydrogen) atoms. The van der Waals surface area contributed by atoms with Crippen LogP contribution in [-0.4, -0.2) is 64.4 Å². The normalized spacial score (nSPS) is 16.6. The van der Waals surface area contributed by atoms with Crippen molar-refractivity contribution < 1.29 is 4.79 Å². The van der Waals surface area contributed by atoms with Crippen LogP contribution in [0.4, 0.5) is 4.79 Å². The van der Waals surface area contributed by atoms with Gasteiger partial charge in [-0.05, 0) is 25.0 Å². The highest BCUT2D eigenvalue weighted by Gasteiger charge is 2.21. The lowest BCUT2D eigenvalue weighted by molar-refractivity contribution is 0.144. The van der Waals surface area contributed by atoms with Crippen molar-refractivity contribution in [3.8, 4) is 0 Å². The molecule has 6 heteroatoms. The lowest BCUT2D eigenvalue weighted by Crippen LogP contribution is -2.53. The first-order valence-electron chi connectivity index (χ1n) is 9.67. The Morgan fingerprint density at radius 1 is 1.19 bits per heavy atom. The predicted octanol–water partition coefficient (Wildman–Crippen LogP) is 2.70. The number of urea groups is 1. The van der Waals surface area contributed by atoms with Gasteiger partial charge in [0.1, 0.15) is 0 Å². The molecule has 0 radical (unpaired) electrons. The predicted molar refractivity (Wildman–Crippen MR) is 108 cm³/mol. The number of hydrogen-bond donors (Lipinski definition) is 1. The quantitative estimate of drug-likeness (QED) is 0.819. The number of hydrogen-bond acceptors (Lipinski definition) is 3. The molecule has 2 aromatic rings. The highest BCUT2D eigenvalue weighted by molar-refractivity contribution is 5.74. The van der Waals surface area contributed by atoms with Gasteiger partial charge in [-0.2, -0.15) is 5.10 Å². The largest absolute Gasteiger partial charge is 0.335 e. The van der Waals surface area contributed by atoms with Gasteiger partial charge in [-0.15, -0.1) is 0 Å². The first kappa shape index (κ1) is 19.2. The van der Waals surface area contributed by atoms with Gasteiger partial charge in [0.2, 0.25) is 0 Å². The van der Waals surface area contributed by atoms with Gasteiger partial charge in [0.05, 0.1) is 0 Å². The van der Waals surface area contributed by atoms with Crippen LogP contribution in [-0.2, 0) is 6.54 Å². The van der Waals surface area contributed by atoms with Gasteiger partial charge in [-0.25, -0.2) is 4.79 Å². The number of nitrogens with zero attached hydrogens (tertiary/aromatic N) is 4. The second-order valence-electron chi connectivity index (χ2n) is 7.01. The van der Waals surface area contributed by atoms with E-state index in [9.17, 15) is 4.79 Å². The van der Waals surface area contributed by atoms with E-state index in [0.29, 0.717) is 0 Å². The van der Waals surface area contributed by atoms with Crippen LogP contribution < -0.4 is 5.32 Å². The molecule has 144 valence electrons. The van der Waals surface area contributed by atoms with E-state index in [1.807, 2.05) is 47.0 Å². The van der Waals surface area contributed by atoms with Crippen LogP contribution in [0.15, 0.2) is 54.9 Å². The molecule has 1 aromatic carbocycles. The Labute approximate surface area is 161 Å². The zero-order valence-electron chi connectivity index (χ0n) is 16.0. The van der Waals surface area contributed by atoms with Gasteiger partial charge < -0.3 is 10.2 Å². The molecule has 0 aliphatic carbocycles. The summed E-state index contributed by atoms with van der Waals surface area (Å²) in [6.07, 6.45) is 8.94. The Kier molecular flexibility index (Phi) is 7.04. The van der Waals surface area contributed by atoms with Crippen molar-refractivity contribution in [3.05, 3.63) is 60.4 Å². The summed E-state index contributed by atoms with van der Waals surface area (Å²) >= 11 is 0. The second kappa shape index (κ2) is 9.92. The van der Waals surface area contributed by atoms with Crippen LogP contribution >= 0.6 is 0 Å². The smallest absolute Gasteiger partial charge is 0.317 e. The molecular formula is C21H29N5O. The maximum atomic E-state index is 12.4. The van der Waals surface area contributed by atoms with Crippen molar-refractivity contribution in [1.29, 1.82) is 0 Å². The van der Waals surface area contributed by atoms with E-state index in [2.05, 4.69) is 39.6 Å². The number of aromatic nitrogens is 2. The fourth-order valence-corrected chi connectivity index (χ4v) is 3.17. The minimum atomic E-state index is 0.0439. The monoisotopic (exact) mass is 367 g/mol. The average molecular weight is 367 g/mol. The maximum Gasteiger partial charge on any atom is 0.317 e. The number of aryl methyl sites for hydroxylation is 1. The second-order valence-corrected chi connectivity index (χ2v) is 7.01. The number of carbonyl (C=O) groups excluding carboxylic acids is 1. The van der Waals surface area contributed by atoms with Crippen molar-refractivity contribution in [2.45, 2.75) is 25.9 Å². The van der Waals surface area contributed by atoms with Crippen LogP contribution in [0.3, 0.4) is 0 Å². The Hall–Kier alpha value is -2.60. The van der Waals surface area contributed by atoms with E-state index in [-0.39, 0.29) is 12.1 Å². The summed E-state index contributed by atoms with van der Waals surface area (Å²) in [7, 11) is 0. The molecule has 1 saturated heterocycles. The number of benzene rings is 1. The molecule has 2 heterocycles. The first-order valence-corrected chi connectivity index (χ1v) is 9.67. The number of rotatable bonds is 7. The van der Waals surface area contributed by atoms with Crippen LogP contribution in [0, 0.1) is 0 Å². The summed E-state index contributed by atoms with van der Waals surface area (Å²) in [5, 5.41) is 7.30.